The number of aryl methyl sites for hydroxylation is 1. The predicted octanol–water partition coefficient (Wildman–Crippen LogP) is 4.53. The van der Waals surface area contributed by atoms with E-state index in [2.05, 4.69) is 31.2 Å². The number of rotatable bonds is 2. The zero-order chi connectivity index (χ0) is 16.1. The van der Waals surface area contributed by atoms with E-state index >= 15 is 0 Å². The predicted molar refractivity (Wildman–Crippen MR) is 91.0 cm³/mol. The number of ether oxygens (including phenoxy) is 4. The third-order valence-electron chi connectivity index (χ3n) is 4.65. The highest BCUT2D eigenvalue weighted by atomic mass is 16.7. The molecule has 0 bridgehead atoms. The highest BCUT2D eigenvalue weighted by molar-refractivity contribution is 6.04. The Labute approximate surface area is 139 Å². The highest BCUT2D eigenvalue weighted by Gasteiger charge is 2.22. The van der Waals surface area contributed by atoms with Gasteiger partial charge in [0.05, 0.1) is 0 Å². The molecule has 0 saturated carbocycles. The zero-order valence-electron chi connectivity index (χ0n) is 13.3. The van der Waals surface area contributed by atoms with Gasteiger partial charge in [-0.05, 0) is 46.7 Å². The summed E-state index contributed by atoms with van der Waals surface area (Å²) >= 11 is 0. The van der Waals surface area contributed by atoms with Crippen LogP contribution >= 0.6 is 0 Å². The largest absolute Gasteiger partial charge is 0.454 e. The second-order valence-corrected chi connectivity index (χ2v) is 5.92. The van der Waals surface area contributed by atoms with Gasteiger partial charge in [-0.3, -0.25) is 0 Å². The average molecular weight is 320 g/mol. The van der Waals surface area contributed by atoms with Crippen molar-refractivity contribution in [1.82, 2.24) is 0 Å². The van der Waals surface area contributed by atoms with Crippen molar-refractivity contribution in [2.75, 3.05) is 13.6 Å². The smallest absolute Gasteiger partial charge is 0.231 e. The Balaban J connectivity index is 1.84. The number of hydrogen-bond acceptors (Lipinski definition) is 4. The molecule has 0 aromatic heterocycles. The molecule has 4 nitrogen and oxygen atoms in total. The summed E-state index contributed by atoms with van der Waals surface area (Å²) in [6.07, 6.45) is 0.935. The van der Waals surface area contributed by atoms with Crippen molar-refractivity contribution in [2.24, 2.45) is 0 Å². The summed E-state index contributed by atoms with van der Waals surface area (Å²) in [4.78, 5) is 0. The van der Waals surface area contributed by atoms with E-state index in [0.29, 0.717) is 0 Å². The summed E-state index contributed by atoms with van der Waals surface area (Å²) < 4.78 is 22.4. The average Bonchev–Trinajstić information content (AvgIpc) is 3.28. The second kappa shape index (κ2) is 5.06. The van der Waals surface area contributed by atoms with Crippen LogP contribution < -0.4 is 18.9 Å². The Morgan fingerprint density at radius 2 is 1.54 bits per heavy atom. The Bertz CT molecular complexity index is 962. The van der Waals surface area contributed by atoms with Crippen LogP contribution in [0, 0.1) is 0 Å². The normalized spacial score (nSPS) is 14.4. The minimum Gasteiger partial charge on any atom is -0.454 e. The second-order valence-electron chi connectivity index (χ2n) is 5.92. The number of benzene rings is 3. The zero-order valence-corrected chi connectivity index (χ0v) is 13.3. The molecule has 3 aromatic rings. The first-order chi connectivity index (χ1) is 11.8. The van der Waals surface area contributed by atoms with E-state index in [1.807, 2.05) is 18.2 Å². The third-order valence-corrected chi connectivity index (χ3v) is 4.65. The Morgan fingerprint density at radius 3 is 2.46 bits per heavy atom. The molecule has 2 heterocycles. The van der Waals surface area contributed by atoms with Gasteiger partial charge in [-0.1, -0.05) is 31.2 Å². The molecule has 24 heavy (non-hydrogen) atoms. The lowest BCUT2D eigenvalue weighted by molar-refractivity contribution is 0.174. The van der Waals surface area contributed by atoms with E-state index in [4.69, 9.17) is 18.9 Å². The van der Waals surface area contributed by atoms with Gasteiger partial charge in [-0.15, -0.1) is 0 Å². The van der Waals surface area contributed by atoms with Crippen molar-refractivity contribution >= 4 is 10.8 Å². The minimum absolute atomic E-state index is 0.269. The maximum Gasteiger partial charge on any atom is 0.231 e. The first-order valence-corrected chi connectivity index (χ1v) is 8.09. The maximum atomic E-state index is 5.79. The molecular formula is C20H16O4. The van der Waals surface area contributed by atoms with Crippen molar-refractivity contribution in [1.29, 1.82) is 0 Å². The lowest BCUT2D eigenvalue weighted by atomic mass is 9.91. The van der Waals surface area contributed by atoms with E-state index in [1.54, 1.807) is 0 Å². The van der Waals surface area contributed by atoms with Crippen LogP contribution in [0.3, 0.4) is 0 Å². The van der Waals surface area contributed by atoms with Gasteiger partial charge in [0.25, 0.3) is 0 Å². The molecule has 0 unspecified atom stereocenters. The van der Waals surface area contributed by atoms with Crippen LogP contribution in [0.25, 0.3) is 21.9 Å². The first kappa shape index (κ1) is 13.5. The molecule has 3 aromatic carbocycles. The molecule has 0 fully saturated rings. The third kappa shape index (κ3) is 1.86. The van der Waals surface area contributed by atoms with Gasteiger partial charge in [-0.2, -0.15) is 0 Å². The monoisotopic (exact) mass is 320 g/mol. The van der Waals surface area contributed by atoms with Crippen LogP contribution in [0.15, 0.2) is 42.5 Å². The van der Waals surface area contributed by atoms with Crippen LogP contribution in [-0.4, -0.2) is 13.6 Å². The van der Waals surface area contributed by atoms with Crippen LogP contribution in [0.4, 0.5) is 0 Å². The van der Waals surface area contributed by atoms with E-state index in [-0.39, 0.29) is 13.6 Å². The topological polar surface area (TPSA) is 36.9 Å². The molecule has 0 N–H and O–H groups in total. The van der Waals surface area contributed by atoms with Crippen LogP contribution in [0.5, 0.6) is 23.0 Å². The summed E-state index contributed by atoms with van der Waals surface area (Å²) in [5.74, 6) is 3.21. The molecule has 2 aliphatic rings. The molecule has 5 rings (SSSR count). The molecule has 4 heteroatoms. The molecule has 0 amide bonds. The summed E-state index contributed by atoms with van der Waals surface area (Å²) in [7, 11) is 0. The summed E-state index contributed by atoms with van der Waals surface area (Å²) in [6, 6.07) is 14.5. The van der Waals surface area contributed by atoms with Crippen LogP contribution in [0.2, 0.25) is 0 Å². The van der Waals surface area contributed by atoms with Gasteiger partial charge in [0.1, 0.15) is 0 Å². The molecule has 0 atom stereocenters. The SMILES string of the molecule is CCc1ccc2ccc3c(c2c1-c1ccc2c(c1)OCO2)OCO3. The standard InChI is InChI=1S/C20H16O4/c1-2-12-3-4-13-5-8-16-20(24-11-22-16)19(13)18(12)14-6-7-15-17(9-14)23-10-21-15/h3-9H,2,10-11H2,1H3. The molecule has 0 radical (unpaired) electrons. The summed E-state index contributed by atoms with van der Waals surface area (Å²) in [6.45, 7) is 2.71. The van der Waals surface area contributed by atoms with E-state index in [1.165, 1.54) is 11.1 Å². The lowest BCUT2D eigenvalue weighted by Crippen LogP contribution is -1.94. The Kier molecular flexibility index (Phi) is 2.86. The van der Waals surface area contributed by atoms with Gasteiger partial charge in [0.2, 0.25) is 13.6 Å². The summed E-state index contributed by atoms with van der Waals surface area (Å²) in [5.41, 5.74) is 3.55. The van der Waals surface area contributed by atoms with Gasteiger partial charge in [0.15, 0.2) is 23.0 Å². The fourth-order valence-electron chi connectivity index (χ4n) is 3.50. The molecular weight excluding hydrogens is 304 g/mol. The quantitative estimate of drug-likeness (QED) is 0.695. The van der Waals surface area contributed by atoms with E-state index < -0.39 is 0 Å². The van der Waals surface area contributed by atoms with Crippen molar-refractivity contribution < 1.29 is 18.9 Å². The first-order valence-electron chi connectivity index (χ1n) is 8.09. The van der Waals surface area contributed by atoms with Gasteiger partial charge in [0, 0.05) is 5.39 Å². The molecule has 0 saturated heterocycles. The molecule has 120 valence electrons. The molecule has 0 aliphatic carbocycles. The van der Waals surface area contributed by atoms with E-state index in [0.717, 1.165) is 45.8 Å². The van der Waals surface area contributed by atoms with Gasteiger partial charge < -0.3 is 18.9 Å². The van der Waals surface area contributed by atoms with Crippen molar-refractivity contribution in [2.45, 2.75) is 13.3 Å². The number of fused-ring (bicyclic) bond motifs is 4. The summed E-state index contributed by atoms with van der Waals surface area (Å²) in [5, 5.41) is 2.24. The molecule has 2 aliphatic heterocycles. The number of hydrogen-bond donors (Lipinski definition) is 0. The highest BCUT2D eigenvalue weighted by Crippen LogP contribution is 2.46. The van der Waals surface area contributed by atoms with Crippen molar-refractivity contribution in [3.8, 4) is 34.1 Å². The minimum atomic E-state index is 0.269. The van der Waals surface area contributed by atoms with Crippen molar-refractivity contribution in [3.05, 3.63) is 48.0 Å². The lowest BCUT2D eigenvalue weighted by Gasteiger charge is -2.14. The fourth-order valence-corrected chi connectivity index (χ4v) is 3.50. The van der Waals surface area contributed by atoms with Gasteiger partial charge >= 0.3 is 0 Å². The van der Waals surface area contributed by atoms with Crippen molar-refractivity contribution in [3.63, 3.8) is 0 Å². The van der Waals surface area contributed by atoms with E-state index in [9.17, 15) is 0 Å². The molecule has 0 spiro atoms. The van der Waals surface area contributed by atoms with Crippen LogP contribution in [-0.2, 0) is 6.42 Å². The van der Waals surface area contributed by atoms with Gasteiger partial charge in [-0.25, -0.2) is 0 Å². The maximum absolute atomic E-state index is 5.79. The Morgan fingerprint density at radius 1 is 0.792 bits per heavy atom. The Hall–Kier alpha value is -2.88. The fraction of sp³-hybridized carbons (Fsp3) is 0.200. The van der Waals surface area contributed by atoms with Crippen LogP contribution in [0.1, 0.15) is 12.5 Å².